The first-order valence-electron chi connectivity index (χ1n) is 25.2. The minimum Gasteiger partial charge on any atom is -0.412 e. The number of aryl methyl sites for hydroxylation is 4. The molecular formula is C62H74Cl4N8O. The zero-order chi connectivity index (χ0) is 48.2. The van der Waals surface area contributed by atoms with Gasteiger partial charge in [0.15, 0.2) is 0 Å². The highest BCUT2D eigenvalue weighted by atomic mass is 35.5. The van der Waals surface area contributed by atoms with Gasteiger partial charge in [-0.15, -0.1) is 49.6 Å². The summed E-state index contributed by atoms with van der Waals surface area (Å²) in [5.41, 5.74) is 11.7. The monoisotopic (exact) mass is 1090 g/mol. The maximum atomic E-state index is 4.77. The van der Waals surface area contributed by atoms with Crippen LogP contribution in [-0.2, 0) is 10.8 Å². The molecule has 0 amide bonds. The van der Waals surface area contributed by atoms with Gasteiger partial charge in [0.2, 0.25) is 0 Å². The van der Waals surface area contributed by atoms with Crippen LogP contribution in [0.4, 0.5) is 11.6 Å². The van der Waals surface area contributed by atoms with Crippen LogP contribution >= 0.6 is 49.6 Å². The number of anilines is 2. The molecule has 8 aromatic rings. The Morgan fingerprint density at radius 1 is 0.347 bits per heavy atom. The molecule has 2 aliphatic heterocycles. The maximum absolute atomic E-state index is 4.77. The molecule has 0 radical (unpaired) electrons. The summed E-state index contributed by atoms with van der Waals surface area (Å²) in [6, 6.07) is 66.1. The molecule has 10 rings (SSSR count). The van der Waals surface area contributed by atoms with E-state index in [0.717, 1.165) is 113 Å². The Hall–Kier alpha value is -5.88. The first-order chi connectivity index (χ1) is 34.3. The molecule has 6 aromatic carbocycles. The van der Waals surface area contributed by atoms with Crippen LogP contribution in [0, 0.1) is 27.7 Å². The van der Waals surface area contributed by atoms with Gasteiger partial charge >= 0.3 is 0 Å². The molecule has 396 valence electrons. The van der Waals surface area contributed by atoms with Crippen molar-refractivity contribution in [2.24, 2.45) is 0 Å². The van der Waals surface area contributed by atoms with Gasteiger partial charge in [0, 0.05) is 75.6 Å². The van der Waals surface area contributed by atoms with Crippen LogP contribution in [-0.4, -0.2) is 101 Å². The third-order valence-electron chi connectivity index (χ3n) is 14.7. The fourth-order valence-electron chi connectivity index (χ4n) is 10.9. The number of aromatic nitrogens is 4. The molecule has 2 aliphatic rings. The first-order valence-corrected chi connectivity index (χ1v) is 25.2. The molecule has 0 bridgehead atoms. The largest absolute Gasteiger partial charge is 0.412 e. The highest BCUT2D eigenvalue weighted by Gasteiger charge is 2.38. The number of hydrogen-bond donors (Lipinski definition) is 0. The first kappa shape index (κ1) is 61.7. The molecule has 0 unspecified atom stereocenters. The normalized spacial score (nSPS) is 13.8. The number of benzene rings is 6. The Balaban J connectivity index is 0.000000304. The van der Waals surface area contributed by atoms with Crippen molar-refractivity contribution in [3.05, 3.63) is 251 Å². The molecule has 2 N–H and O–H groups in total. The second kappa shape index (κ2) is 29.4. The fourth-order valence-corrected chi connectivity index (χ4v) is 10.9. The topological polar surface area (TPSA) is 96.0 Å². The molecule has 9 nitrogen and oxygen atoms in total. The summed E-state index contributed by atoms with van der Waals surface area (Å²) in [6.07, 6.45) is 5.75. The molecular weight excluding hydrogens is 1010 g/mol. The Labute approximate surface area is 470 Å². The molecule has 4 heterocycles. The van der Waals surface area contributed by atoms with Crippen LogP contribution in [0.15, 0.2) is 194 Å². The van der Waals surface area contributed by atoms with Gasteiger partial charge in [-0.2, -0.15) is 0 Å². The van der Waals surface area contributed by atoms with Gasteiger partial charge in [-0.1, -0.05) is 182 Å². The minimum absolute atomic E-state index is 0. The van der Waals surface area contributed by atoms with Crippen LogP contribution in [0.3, 0.4) is 0 Å². The number of hydrogen-bond acceptors (Lipinski definition) is 8. The Kier molecular flexibility index (Phi) is 24.2. The fraction of sp³-hybridized carbons (Fsp3) is 0.290. The van der Waals surface area contributed by atoms with Crippen molar-refractivity contribution in [1.29, 1.82) is 0 Å². The Morgan fingerprint density at radius 2 is 0.573 bits per heavy atom. The van der Waals surface area contributed by atoms with E-state index in [1.165, 1.54) is 33.4 Å². The van der Waals surface area contributed by atoms with Crippen LogP contribution in [0.5, 0.6) is 0 Å². The lowest BCUT2D eigenvalue weighted by atomic mass is 9.67. The van der Waals surface area contributed by atoms with Gasteiger partial charge in [-0.3, -0.25) is 19.8 Å². The van der Waals surface area contributed by atoms with Crippen molar-refractivity contribution < 1.29 is 5.48 Å². The van der Waals surface area contributed by atoms with E-state index in [-0.39, 0.29) is 65.9 Å². The average molecular weight is 1090 g/mol. The van der Waals surface area contributed by atoms with E-state index < -0.39 is 0 Å². The van der Waals surface area contributed by atoms with Crippen LogP contribution in [0.2, 0.25) is 0 Å². The van der Waals surface area contributed by atoms with Crippen molar-refractivity contribution in [2.45, 2.75) is 51.4 Å². The smallest absolute Gasteiger partial charge is 0.150 e. The van der Waals surface area contributed by atoms with E-state index in [9.17, 15) is 0 Å². The number of rotatable bonds is 14. The summed E-state index contributed by atoms with van der Waals surface area (Å²) in [5.74, 6) is 2.08. The van der Waals surface area contributed by atoms with Gasteiger partial charge in [-0.05, 0) is 87.0 Å². The lowest BCUT2D eigenvalue weighted by Crippen LogP contribution is -2.48. The molecule has 2 fully saturated rings. The Bertz CT molecular complexity index is 2470. The summed E-state index contributed by atoms with van der Waals surface area (Å²) in [6.45, 7) is 18.3. The quantitative estimate of drug-likeness (QED) is 0.0994. The zero-order valence-electron chi connectivity index (χ0n) is 43.7. The second-order valence-electron chi connectivity index (χ2n) is 19.0. The number of halogens is 4. The van der Waals surface area contributed by atoms with Gasteiger partial charge in [-0.25, -0.2) is 9.97 Å². The predicted octanol–water partition coefficient (Wildman–Crippen LogP) is 12.1. The second-order valence-corrected chi connectivity index (χ2v) is 19.0. The van der Waals surface area contributed by atoms with E-state index in [1.54, 1.807) is 0 Å². The minimum atomic E-state index is -0.195. The van der Waals surface area contributed by atoms with Crippen molar-refractivity contribution in [3.8, 4) is 0 Å². The standard InChI is InChI=1S/2C31H34N4.4ClH.H2O/c2*1-25-24-32-26(2)30(33-25)35-22-20-34(21-23-35)19-18-31(27-12-6-3-7-13-27,28-14-8-4-9-15-28)29-16-10-5-11-17-29;;;;;/h2*3-17,24H,18-23H2,1-2H3;4*1H;1H2. The number of piperazine rings is 2. The summed E-state index contributed by atoms with van der Waals surface area (Å²) in [7, 11) is 0. The average Bonchev–Trinajstić information content (AvgIpc) is 3.43. The molecule has 0 spiro atoms. The maximum Gasteiger partial charge on any atom is 0.150 e. The SMILES string of the molecule is Cc1cnc(C)c(N2CCN(CCC(c3ccccc3)(c3ccccc3)c3ccccc3)CC2)n1.Cc1cnc(C)c(N2CCN(CCC(c3ccccc3)(c3ccccc3)c3ccccc3)CC2)n1.Cl.Cl.Cl.Cl.O. The van der Waals surface area contributed by atoms with Crippen molar-refractivity contribution >= 4 is 61.3 Å². The molecule has 13 heteroatoms. The molecule has 75 heavy (non-hydrogen) atoms. The molecule has 2 aromatic heterocycles. The highest BCUT2D eigenvalue weighted by molar-refractivity contribution is 5.86. The number of nitrogens with zero attached hydrogens (tertiary/aromatic N) is 8. The van der Waals surface area contributed by atoms with Crippen molar-refractivity contribution in [2.75, 3.05) is 75.2 Å². The van der Waals surface area contributed by atoms with Gasteiger partial charge in [0.25, 0.3) is 0 Å². The van der Waals surface area contributed by atoms with E-state index in [0.29, 0.717) is 0 Å². The summed E-state index contributed by atoms with van der Waals surface area (Å²) in [4.78, 5) is 28.6. The van der Waals surface area contributed by atoms with Crippen molar-refractivity contribution in [3.63, 3.8) is 0 Å². The predicted molar refractivity (Wildman–Crippen MR) is 321 cm³/mol. The molecule has 0 aliphatic carbocycles. The summed E-state index contributed by atoms with van der Waals surface area (Å²) < 4.78 is 0. The molecule has 0 atom stereocenters. The van der Waals surface area contributed by atoms with E-state index in [1.807, 2.05) is 26.2 Å². The summed E-state index contributed by atoms with van der Waals surface area (Å²) >= 11 is 0. The van der Waals surface area contributed by atoms with Crippen LogP contribution in [0.25, 0.3) is 0 Å². The van der Waals surface area contributed by atoms with Gasteiger partial charge < -0.3 is 15.3 Å². The lowest BCUT2D eigenvalue weighted by Gasteiger charge is -2.40. The summed E-state index contributed by atoms with van der Waals surface area (Å²) in [5, 5.41) is 0. The van der Waals surface area contributed by atoms with E-state index >= 15 is 0 Å². The third-order valence-corrected chi connectivity index (χ3v) is 14.7. The zero-order valence-corrected chi connectivity index (χ0v) is 46.9. The lowest BCUT2D eigenvalue weighted by molar-refractivity contribution is 0.241. The van der Waals surface area contributed by atoms with Crippen LogP contribution < -0.4 is 9.80 Å². The molecule has 0 saturated carbocycles. The van der Waals surface area contributed by atoms with Crippen molar-refractivity contribution in [1.82, 2.24) is 29.7 Å². The highest BCUT2D eigenvalue weighted by Crippen LogP contribution is 2.44. The van der Waals surface area contributed by atoms with Gasteiger partial charge in [0.05, 0.1) is 22.8 Å². The molecule has 2 saturated heterocycles. The van der Waals surface area contributed by atoms with Crippen LogP contribution in [0.1, 0.15) is 69.0 Å². The Morgan fingerprint density at radius 3 is 0.800 bits per heavy atom. The van der Waals surface area contributed by atoms with Gasteiger partial charge in [0.1, 0.15) is 11.6 Å². The van der Waals surface area contributed by atoms with E-state index in [4.69, 9.17) is 9.97 Å². The third kappa shape index (κ3) is 14.3. The van der Waals surface area contributed by atoms with E-state index in [2.05, 4.69) is 225 Å².